The Kier molecular flexibility index (Phi) is 4.82. The normalized spacial score (nSPS) is 22.3. The summed E-state index contributed by atoms with van der Waals surface area (Å²) >= 11 is 0. The predicted octanol–water partition coefficient (Wildman–Crippen LogP) is 5.63. The molecule has 1 fully saturated rings. The van der Waals surface area contributed by atoms with Gasteiger partial charge in [0, 0.05) is 22.6 Å². The van der Waals surface area contributed by atoms with Crippen molar-refractivity contribution in [1.82, 2.24) is 5.01 Å². The van der Waals surface area contributed by atoms with Gasteiger partial charge in [-0.25, -0.2) is 4.39 Å². The van der Waals surface area contributed by atoms with E-state index in [-0.39, 0.29) is 22.9 Å². The van der Waals surface area contributed by atoms with E-state index in [0.29, 0.717) is 16.7 Å². The van der Waals surface area contributed by atoms with Crippen LogP contribution in [0.15, 0.2) is 108 Å². The van der Waals surface area contributed by atoms with Crippen molar-refractivity contribution in [2.45, 2.75) is 18.0 Å². The Bertz CT molecular complexity index is 1630. The maximum Gasteiger partial charge on any atom is 0.187 e. The highest BCUT2D eigenvalue weighted by molar-refractivity contribution is 6.31. The van der Waals surface area contributed by atoms with Gasteiger partial charge in [-0.2, -0.15) is 5.10 Å². The van der Waals surface area contributed by atoms with Crippen LogP contribution in [0.2, 0.25) is 0 Å². The minimum Gasteiger partial charge on any atom is -0.293 e. The number of halogens is 1. The first kappa shape index (κ1) is 22.5. The Labute approximate surface area is 218 Å². The lowest BCUT2D eigenvalue weighted by molar-refractivity contribution is 0.0586. The molecule has 7 rings (SSSR count). The van der Waals surface area contributed by atoms with Gasteiger partial charge in [-0.3, -0.25) is 19.4 Å². The Morgan fingerprint density at radius 1 is 0.763 bits per heavy atom. The van der Waals surface area contributed by atoms with Gasteiger partial charge >= 0.3 is 0 Å². The Balaban J connectivity index is 1.55. The van der Waals surface area contributed by atoms with Crippen molar-refractivity contribution >= 4 is 23.6 Å². The minimum atomic E-state index is -1.61. The van der Waals surface area contributed by atoms with Crippen molar-refractivity contribution in [3.63, 3.8) is 0 Å². The van der Waals surface area contributed by atoms with Gasteiger partial charge < -0.3 is 0 Å². The second kappa shape index (κ2) is 8.15. The zero-order chi connectivity index (χ0) is 26.0. The number of rotatable bonds is 3. The molecule has 4 aromatic carbocycles. The van der Waals surface area contributed by atoms with Crippen LogP contribution in [0.25, 0.3) is 0 Å². The molecular formula is C32H21FN2O3. The Morgan fingerprint density at radius 2 is 1.37 bits per heavy atom. The summed E-state index contributed by atoms with van der Waals surface area (Å²) in [5, 5.41) is 6.36. The third kappa shape index (κ3) is 2.85. The molecule has 0 bridgehead atoms. The van der Waals surface area contributed by atoms with E-state index in [4.69, 9.17) is 5.10 Å². The molecule has 0 aromatic heterocycles. The molecule has 38 heavy (non-hydrogen) atoms. The smallest absolute Gasteiger partial charge is 0.187 e. The number of nitrogens with zero attached hydrogens (tertiary/aromatic N) is 2. The van der Waals surface area contributed by atoms with Crippen molar-refractivity contribution in [3.05, 3.63) is 142 Å². The molecule has 4 aromatic rings. The zero-order valence-electron chi connectivity index (χ0n) is 20.1. The van der Waals surface area contributed by atoms with Crippen molar-refractivity contribution in [2.75, 3.05) is 0 Å². The molecular weight excluding hydrogens is 479 g/mol. The molecule has 184 valence electrons. The van der Waals surface area contributed by atoms with Crippen LogP contribution in [-0.4, -0.2) is 34.6 Å². The summed E-state index contributed by atoms with van der Waals surface area (Å²) in [6.45, 7) is 0. The maximum atomic E-state index is 14.6. The lowest BCUT2D eigenvalue weighted by Gasteiger charge is -2.36. The molecule has 3 aliphatic rings. The summed E-state index contributed by atoms with van der Waals surface area (Å²) < 4.78 is 13.8. The molecule has 2 aliphatic heterocycles. The summed E-state index contributed by atoms with van der Waals surface area (Å²) in [6.07, 6.45) is 1.68. The van der Waals surface area contributed by atoms with Gasteiger partial charge in [-0.05, 0) is 41.0 Å². The van der Waals surface area contributed by atoms with E-state index in [1.807, 2.05) is 54.6 Å². The van der Waals surface area contributed by atoms with Gasteiger partial charge in [0.05, 0.1) is 12.3 Å². The van der Waals surface area contributed by atoms with E-state index < -0.39 is 29.2 Å². The topological polar surface area (TPSA) is 66.8 Å². The third-order valence-corrected chi connectivity index (χ3v) is 8.13. The van der Waals surface area contributed by atoms with Crippen LogP contribution >= 0.6 is 0 Å². The number of hydrazone groups is 1. The van der Waals surface area contributed by atoms with Crippen LogP contribution in [0.4, 0.5) is 4.39 Å². The van der Waals surface area contributed by atoms with E-state index in [0.717, 1.165) is 11.1 Å². The standard InChI is InChI=1S/C32H21FN2O3/c33-22-16-14-20(15-17-22)28(36)27-26(19-8-2-1-3-9-19)32(30(37)24-12-6-7-13-25(24)31(32)38)29-23-11-5-4-10-21(23)18-34-35(27)29/h1-18,26-27,29H/t26-,27-,29-/m0/s1. The fourth-order valence-electron chi connectivity index (χ4n) is 6.59. The molecule has 2 heterocycles. The van der Waals surface area contributed by atoms with Gasteiger partial charge in [0.1, 0.15) is 17.3 Å². The highest BCUT2D eigenvalue weighted by Gasteiger charge is 2.72. The van der Waals surface area contributed by atoms with E-state index >= 15 is 0 Å². The maximum absolute atomic E-state index is 14.6. The molecule has 0 saturated carbocycles. The fraction of sp³-hybridized carbons (Fsp3) is 0.125. The summed E-state index contributed by atoms with van der Waals surface area (Å²) in [6, 6.07) is 27.3. The number of benzene rings is 4. The highest BCUT2D eigenvalue weighted by Crippen LogP contribution is 2.64. The molecule has 0 radical (unpaired) electrons. The average Bonchev–Trinajstić information content (AvgIpc) is 3.40. The Morgan fingerprint density at radius 3 is 2.05 bits per heavy atom. The number of hydrogen-bond acceptors (Lipinski definition) is 5. The molecule has 1 spiro atoms. The van der Waals surface area contributed by atoms with E-state index in [1.165, 1.54) is 24.3 Å². The highest BCUT2D eigenvalue weighted by atomic mass is 19.1. The van der Waals surface area contributed by atoms with Gasteiger partial charge in [0.15, 0.2) is 17.3 Å². The lowest BCUT2D eigenvalue weighted by atomic mass is 9.63. The molecule has 0 unspecified atom stereocenters. The molecule has 1 saturated heterocycles. The summed E-state index contributed by atoms with van der Waals surface area (Å²) in [7, 11) is 0. The quantitative estimate of drug-likeness (QED) is 0.270. The molecule has 6 heteroatoms. The van der Waals surface area contributed by atoms with Crippen LogP contribution < -0.4 is 0 Å². The molecule has 0 N–H and O–H groups in total. The van der Waals surface area contributed by atoms with Crippen molar-refractivity contribution in [1.29, 1.82) is 0 Å². The lowest BCUT2D eigenvalue weighted by Crippen LogP contribution is -2.43. The zero-order valence-corrected chi connectivity index (χ0v) is 20.1. The monoisotopic (exact) mass is 500 g/mol. The van der Waals surface area contributed by atoms with Crippen LogP contribution in [0.5, 0.6) is 0 Å². The first-order chi connectivity index (χ1) is 18.5. The third-order valence-electron chi connectivity index (χ3n) is 8.13. The summed E-state index contributed by atoms with van der Waals surface area (Å²) in [4.78, 5) is 43.4. The second-order valence-corrected chi connectivity index (χ2v) is 9.93. The Hall–Kier alpha value is -4.71. The van der Waals surface area contributed by atoms with E-state index in [1.54, 1.807) is 35.5 Å². The SMILES string of the molecule is O=C(c1ccc(F)cc1)[C@@H]1[C@H](c2ccccc2)C2(C(=O)c3ccccc3C2=O)[C@@H]2c3ccccc3C=NN12. The number of Topliss-reactive ketones (excluding diaryl/α,β-unsaturated/α-hetero) is 3. The van der Waals surface area contributed by atoms with Crippen molar-refractivity contribution in [2.24, 2.45) is 10.5 Å². The molecule has 1 aliphatic carbocycles. The first-order valence-electron chi connectivity index (χ1n) is 12.5. The van der Waals surface area contributed by atoms with Gasteiger partial charge in [-0.1, -0.05) is 78.9 Å². The number of ketones is 3. The first-order valence-corrected chi connectivity index (χ1v) is 12.5. The number of carbonyl (C=O) groups excluding carboxylic acids is 3. The van der Waals surface area contributed by atoms with Crippen LogP contribution in [-0.2, 0) is 0 Å². The number of hydrogen-bond donors (Lipinski definition) is 0. The largest absolute Gasteiger partial charge is 0.293 e. The van der Waals surface area contributed by atoms with Crippen LogP contribution in [0.1, 0.15) is 59.7 Å². The summed E-state index contributed by atoms with van der Waals surface area (Å²) in [5.74, 6) is -2.22. The predicted molar refractivity (Wildman–Crippen MR) is 140 cm³/mol. The van der Waals surface area contributed by atoms with Crippen LogP contribution in [0, 0.1) is 11.2 Å². The average molecular weight is 501 g/mol. The van der Waals surface area contributed by atoms with E-state index in [9.17, 15) is 18.8 Å². The molecule has 5 nitrogen and oxygen atoms in total. The van der Waals surface area contributed by atoms with E-state index in [2.05, 4.69) is 0 Å². The fourth-order valence-corrected chi connectivity index (χ4v) is 6.59. The van der Waals surface area contributed by atoms with Crippen molar-refractivity contribution in [3.8, 4) is 0 Å². The molecule has 0 amide bonds. The number of carbonyl (C=O) groups is 3. The van der Waals surface area contributed by atoms with Gasteiger partial charge in [-0.15, -0.1) is 0 Å². The second-order valence-electron chi connectivity index (χ2n) is 9.93. The van der Waals surface area contributed by atoms with Gasteiger partial charge in [0.2, 0.25) is 0 Å². The minimum absolute atomic E-state index is 0.289. The van der Waals surface area contributed by atoms with Gasteiger partial charge in [0.25, 0.3) is 0 Å². The summed E-state index contributed by atoms with van der Waals surface area (Å²) in [5.41, 5.74) is 1.67. The van der Waals surface area contributed by atoms with Crippen molar-refractivity contribution < 1.29 is 18.8 Å². The van der Waals surface area contributed by atoms with Crippen LogP contribution in [0.3, 0.4) is 0 Å². The molecule has 3 atom stereocenters. The number of fused-ring (bicyclic) bond motifs is 5.